The highest BCUT2D eigenvalue weighted by molar-refractivity contribution is 14.0. The van der Waals surface area contributed by atoms with Gasteiger partial charge in [0.25, 0.3) is 0 Å². The molecule has 8 heteroatoms. The molecule has 3 rings (SSSR count). The zero-order valence-electron chi connectivity index (χ0n) is 16.9. The van der Waals surface area contributed by atoms with Crippen molar-refractivity contribution in [2.24, 2.45) is 10.9 Å². The Bertz CT molecular complexity index is 734. The van der Waals surface area contributed by atoms with Gasteiger partial charge in [-0.2, -0.15) is 0 Å². The van der Waals surface area contributed by atoms with Crippen molar-refractivity contribution in [2.45, 2.75) is 32.1 Å². The Morgan fingerprint density at radius 1 is 1.14 bits per heavy atom. The van der Waals surface area contributed by atoms with Crippen molar-refractivity contribution < 1.29 is 8.42 Å². The fraction of sp³-hybridized carbons (Fsp3) is 0.650. The molecule has 2 fully saturated rings. The van der Waals surface area contributed by atoms with Crippen LogP contribution in [0.4, 0.5) is 0 Å². The van der Waals surface area contributed by atoms with Crippen molar-refractivity contribution >= 4 is 40.0 Å². The molecule has 0 aromatic heterocycles. The number of guanidine groups is 1. The molecule has 0 radical (unpaired) electrons. The molecular weight excluding hydrogens is 487 g/mol. The van der Waals surface area contributed by atoms with Gasteiger partial charge >= 0.3 is 0 Å². The molecule has 1 aromatic carbocycles. The minimum absolute atomic E-state index is 0. The Balaban J connectivity index is 0.00000280. The molecule has 1 aromatic rings. The summed E-state index contributed by atoms with van der Waals surface area (Å²) in [7, 11) is -3.06. The van der Waals surface area contributed by atoms with E-state index in [1.807, 2.05) is 0 Å². The van der Waals surface area contributed by atoms with Crippen LogP contribution in [0, 0.1) is 5.92 Å². The van der Waals surface area contributed by atoms with Crippen LogP contribution in [-0.2, 0) is 10.0 Å². The van der Waals surface area contributed by atoms with E-state index in [-0.39, 0.29) is 24.0 Å². The Kier molecular flexibility index (Phi) is 9.01. The summed E-state index contributed by atoms with van der Waals surface area (Å²) in [5, 5.41) is 3.44. The van der Waals surface area contributed by atoms with Gasteiger partial charge in [-0.05, 0) is 37.7 Å². The number of rotatable bonds is 5. The zero-order valence-corrected chi connectivity index (χ0v) is 20.0. The average molecular weight is 520 g/mol. The van der Waals surface area contributed by atoms with Crippen LogP contribution in [0.2, 0.25) is 0 Å². The molecule has 158 valence electrons. The molecule has 0 aliphatic carbocycles. The number of hydrogen-bond donors (Lipinski definition) is 1. The first-order valence-electron chi connectivity index (χ1n) is 10.0. The number of sulfonamides is 1. The first-order valence-corrected chi connectivity index (χ1v) is 11.9. The standard InChI is InChI=1S/C20H32N4O2S.HI/c1-3-21-20(22-15-17-9-13-24(14-10-17)27(2,25)26)23-12-11-19(16-23)18-7-5-4-6-8-18;/h4-8,17,19H,3,9-16H2,1-2H3,(H,21,22);1H. The summed E-state index contributed by atoms with van der Waals surface area (Å²) in [5.41, 5.74) is 1.41. The van der Waals surface area contributed by atoms with Gasteiger partial charge in [0.1, 0.15) is 0 Å². The summed E-state index contributed by atoms with van der Waals surface area (Å²) in [4.78, 5) is 7.27. The average Bonchev–Trinajstić information content (AvgIpc) is 3.15. The smallest absolute Gasteiger partial charge is 0.211 e. The molecule has 0 saturated carbocycles. The van der Waals surface area contributed by atoms with Gasteiger partial charge in [-0.1, -0.05) is 30.3 Å². The van der Waals surface area contributed by atoms with Crippen LogP contribution in [0.25, 0.3) is 0 Å². The van der Waals surface area contributed by atoms with Crippen LogP contribution >= 0.6 is 24.0 Å². The monoisotopic (exact) mass is 520 g/mol. The van der Waals surface area contributed by atoms with Crippen molar-refractivity contribution in [2.75, 3.05) is 45.5 Å². The second-order valence-corrected chi connectivity index (χ2v) is 9.62. The summed E-state index contributed by atoms with van der Waals surface area (Å²) in [6.45, 7) is 7.00. The Morgan fingerprint density at radius 3 is 2.43 bits per heavy atom. The molecule has 1 atom stereocenters. The van der Waals surface area contributed by atoms with Crippen molar-refractivity contribution in [1.82, 2.24) is 14.5 Å². The third-order valence-electron chi connectivity index (χ3n) is 5.64. The van der Waals surface area contributed by atoms with Crippen LogP contribution < -0.4 is 5.32 Å². The molecule has 2 saturated heterocycles. The largest absolute Gasteiger partial charge is 0.357 e. The second kappa shape index (κ2) is 10.8. The van der Waals surface area contributed by atoms with Gasteiger partial charge in [0.05, 0.1) is 6.26 Å². The van der Waals surface area contributed by atoms with Gasteiger partial charge in [0.15, 0.2) is 5.96 Å². The Hall–Kier alpha value is -0.870. The van der Waals surface area contributed by atoms with E-state index in [9.17, 15) is 8.42 Å². The fourth-order valence-corrected chi connectivity index (χ4v) is 4.89. The van der Waals surface area contributed by atoms with E-state index in [0.29, 0.717) is 24.9 Å². The van der Waals surface area contributed by atoms with E-state index in [4.69, 9.17) is 4.99 Å². The van der Waals surface area contributed by atoms with Crippen molar-refractivity contribution in [3.63, 3.8) is 0 Å². The van der Waals surface area contributed by atoms with E-state index in [1.54, 1.807) is 4.31 Å². The van der Waals surface area contributed by atoms with Crippen LogP contribution in [0.1, 0.15) is 37.7 Å². The lowest BCUT2D eigenvalue weighted by Gasteiger charge is -2.30. The van der Waals surface area contributed by atoms with Gasteiger partial charge in [-0.15, -0.1) is 24.0 Å². The van der Waals surface area contributed by atoms with Gasteiger partial charge in [-0.3, -0.25) is 4.99 Å². The SMILES string of the molecule is CCNC(=NCC1CCN(S(C)(=O)=O)CC1)N1CCC(c2ccccc2)C1.I. The van der Waals surface area contributed by atoms with Gasteiger partial charge < -0.3 is 10.2 Å². The van der Waals surface area contributed by atoms with E-state index in [0.717, 1.165) is 51.4 Å². The highest BCUT2D eigenvalue weighted by Crippen LogP contribution is 2.27. The summed E-state index contributed by atoms with van der Waals surface area (Å²) in [5.74, 6) is 2.03. The van der Waals surface area contributed by atoms with Crippen molar-refractivity contribution in [1.29, 1.82) is 0 Å². The molecule has 0 spiro atoms. The lowest BCUT2D eigenvalue weighted by molar-refractivity contribution is 0.279. The topological polar surface area (TPSA) is 65.0 Å². The number of nitrogens with zero attached hydrogens (tertiary/aromatic N) is 3. The maximum atomic E-state index is 11.6. The molecule has 1 N–H and O–H groups in total. The molecule has 0 bridgehead atoms. The lowest BCUT2D eigenvalue weighted by Crippen LogP contribution is -2.41. The molecule has 6 nitrogen and oxygen atoms in total. The summed E-state index contributed by atoms with van der Waals surface area (Å²) < 4.78 is 24.9. The van der Waals surface area contributed by atoms with Gasteiger partial charge in [-0.25, -0.2) is 12.7 Å². The van der Waals surface area contributed by atoms with Crippen LogP contribution in [0.3, 0.4) is 0 Å². The van der Waals surface area contributed by atoms with Crippen molar-refractivity contribution in [3.8, 4) is 0 Å². The maximum absolute atomic E-state index is 11.6. The molecule has 0 amide bonds. The van der Waals surface area contributed by atoms with E-state index in [2.05, 4.69) is 47.5 Å². The fourth-order valence-electron chi connectivity index (χ4n) is 4.01. The number of likely N-dealkylation sites (tertiary alicyclic amines) is 1. The normalized spacial score (nSPS) is 22.1. The number of hydrogen-bond acceptors (Lipinski definition) is 3. The third kappa shape index (κ3) is 6.32. The molecule has 2 aliphatic rings. The molecule has 28 heavy (non-hydrogen) atoms. The van der Waals surface area contributed by atoms with Crippen molar-refractivity contribution in [3.05, 3.63) is 35.9 Å². The number of benzene rings is 1. The van der Waals surface area contributed by atoms with Crippen LogP contribution in [0.5, 0.6) is 0 Å². The minimum Gasteiger partial charge on any atom is -0.357 e. The first kappa shape index (κ1) is 23.4. The lowest BCUT2D eigenvalue weighted by atomic mass is 9.98. The predicted octanol–water partition coefficient (Wildman–Crippen LogP) is 2.73. The quantitative estimate of drug-likeness (QED) is 0.369. The molecule has 1 unspecified atom stereocenters. The summed E-state index contributed by atoms with van der Waals surface area (Å²) in [6.07, 6.45) is 4.23. The third-order valence-corrected chi connectivity index (χ3v) is 6.94. The number of halogens is 1. The highest BCUT2D eigenvalue weighted by Gasteiger charge is 2.27. The molecular formula is C20H33IN4O2S. The van der Waals surface area contributed by atoms with E-state index >= 15 is 0 Å². The second-order valence-electron chi connectivity index (χ2n) is 7.64. The zero-order chi connectivity index (χ0) is 19.3. The molecule has 2 heterocycles. The number of nitrogens with one attached hydrogen (secondary N) is 1. The van der Waals surface area contributed by atoms with Crippen LogP contribution in [0.15, 0.2) is 35.3 Å². The van der Waals surface area contributed by atoms with Gasteiger partial charge in [0.2, 0.25) is 10.0 Å². The Morgan fingerprint density at radius 2 is 1.82 bits per heavy atom. The predicted molar refractivity (Wildman–Crippen MR) is 126 cm³/mol. The number of piperidine rings is 1. The Labute approximate surface area is 186 Å². The molecule has 2 aliphatic heterocycles. The highest BCUT2D eigenvalue weighted by atomic mass is 127. The van der Waals surface area contributed by atoms with E-state index < -0.39 is 10.0 Å². The maximum Gasteiger partial charge on any atom is 0.211 e. The number of aliphatic imine (C=N–C) groups is 1. The summed E-state index contributed by atoms with van der Waals surface area (Å²) in [6, 6.07) is 10.7. The van der Waals surface area contributed by atoms with Crippen LogP contribution in [-0.4, -0.2) is 69.1 Å². The van der Waals surface area contributed by atoms with Gasteiger partial charge in [0, 0.05) is 45.2 Å². The minimum atomic E-state index is -3.06. The first-order chi connectivity index (χ1) is 13.0. The summed E-state index contributed by atoms with van der Waals surface area (Å²) >= 11 is 0. The van der Waals surface area contributed by atoms with E-state index in [1.165, 1.54) is 11.8 Å².